The smallest absolute Gasteiger partial charge is 0.329 e. The van der Waals surface area contributed by atoms with Crippen LogP contribution >= 0.6 is 0 Å². The lowest BCUT2D eigenvalue weighted by Crippen LogP contribution is -2.46. The normalized spacial score (nSPS) is 14.1. The van der Waals surface area contributed by atoms with Crippen LogP contribution in [0.4, 0.5) is 5.69 Å². The van der Waals surface area contributed by atoms with E-state index in [1.165, 1.54) is 24.3 Å². The van der Waals surface area contributed by atoms with Gasteiger partial charge in [-0.05, 0) is 42.2 Å². The molecule has 2 aromatic carbocycles. The van der Waals surface area contributed by atoms with E-state index in [2.05, 4.69) is 0 Å². The Morgan fingerprint density at radius 2 is 1.59 bits per heavy atom. The Morgan fingerprint density at radius 1 is 1.03 bits per heavy atom. The van der Waals surface area contributed by atoms with E-state index in [1.807, 2.05) is 13.8 Å². The molecule has 0 saturated carbocycles. The molecule has 1 atom stereocenters. The number of fused-ring (bicyclic) bond motifs is 1. The lowest BCUT2D eigenvalue weighted by molar-refractivity contribution is -0.384. The fourth-order valence-corrected chi connectivity index (χ4v) is 3.21. The van der Waals surface area contributed by atoms with Gasteiger partial charge in [-0.2, -0.15) is 0 Å². The third-order valence-corrected chi connectivity index (χ3v) is 4.63. The Balaban J connectivity index is 1.77. The third kappa shape index (κ3) is 4.16. The molecule has 0 N–H and O–H groups in total. The number of amides is 2. The predicted molar refractivity (Wildman–Crippen MR) is 103 cm³/mol. The van der Waals surface area contributed by atoms with Gasteiger partial charge in [0.25, 0.3) is 17.5 Å². The summed E-state index contributed by atoms with van der Waals surface area (Å²) in [7, 11) is 0. The van der Waals surface area contributed by atoms with Crippen LogP contribution in [-0.2, 0) is 16.1 Å². The Bertz CT molecular complexity index is 932. The molecule has 0 aromatic heterocycles. The molecule has 0 radical (unpaired) electrons. The van der Waals surface area contributed by atoms with E-state index in [0.717, 1.165) is 4.90 Å². The van der Waals surface area contributed by atoms with Crippen LogP contribution in [0.5, 0.6) is 0 Å². The molecule has 0 spiro atoms. The maximum atomic E-state index is 12.8. The first-order chi connectivity index (χ1) is 13.8. The number of esters is 1. The van der Waals surface area contributed by atoms with Gasteiger partial charge in [0.15, 0.2) is 0 Å². The number of benzene rings is 2. The number of hydrogen-bond acceptors (Lipinski definition) is 6. The topological polar surface area (TPSA) is 107 Å². The molecule has 0 fully saturated rings. The average Bonchev–Trinajstić information content (AvgIpc) is 2.95. The van der Waals surface area contributed by atoms with Crippen LogP contribution in [0.2, 0.25) is 0 Å². The molecule has 0 bridgehead atoms. The number of rotatable bonds is 7. The second-order valence-electron chi connectivity index (χ2n) is 7.20. The first-order valence-corrected chi connectivity index (χ1v) is 9.16. The molecule has 1 heterocycles. The molecule has 8 heteroatoms. The van der Waals surface area contributed by atoms with Crippen LogP contribution in [0.1, 0.15) is 46.5 Å². The predicted octanol–water partition coefficient (Wildman–Crippen LogP) is 3.35. The summed E-state index contributed by atoms with van der Waals surface area (Å²) in [6.07, 6.45) is 0.268. The maximum Gasteiger partial charge on any atom is 0.329 e. The van der Waals surface area contributed by atoms with E-state index in [9.17, 15) is 24.5 Å². The van der Waals surface area contributed by atoms with Gasteiger partial charge in [0.05, 0.1) is 16.1 Å². The van der Waals surface area contributed by atoms with Crippen molar-refractivity contribution < 1.29 is 24.0 Å². The highest BCUT2D eigenvalue weighted by Gasteiger charge is 2.43. The zero-order valence-electron chi connectivity index (χ0n) is 16.0. The molecular formula is C21H20N2O6. The largest absolute Gasteiger partial charge is 0.459 e. The lowest BCUT2D eigenvalue weighted by Gasteiger charge is -2.26. The van der Waals surface area contributed by atoms with Crippen LogP contribution < -0.4 is 0 Å². The van der Waals surface area contributed by atoms with Gasteiger partial charge in [0.2, 0.25) is 0 Å². The number of carbonyl (C=O) groups excluding carboxylic acids is 3. The minimum Gasteiger partial charge on any atom is -0.459 e. The summed E-state index contributed by atoms with van der Waals surface area (Å²) < 4.78 is 5.34. The molecule has 150 valence electrons. The van der Waals surface area contributed by atoms with E-state index in [1.54, 1.807) is 24.3 Å². The molecule has 0 aliphatic carbocycles. The van der Waals surface area contributed by atoms with Crippen LogP contribution in [0.25, 0.3) is 0 Å². The zero-order chi connectivity index (χ0) is 21.1. The Morgan fingerprint density at radius 3 is 2.07 bits per heavy atom. The second-order valence-corrected chi connectivity index (χ2v) is 7.20. The zero-order valence-corrected chi connectivity index (χ0v) is 16.0. The Hall–Kier alpha value is -3.55. The van der Waals surface area contributed by atoms with Crippen molar-refractivity contribution in [3.05, 3.63) is 75.3 Å². The lowest BCUT2D eigenvalue weighted by atomic mass is 10.0. The molecule has 1 aliphatic rings. The third-order valence-electron chi connectivity index (χ3n) is 4.63. The van der Waals surface area contributed by atoms with Crippen molar-refractivity contribution in [3.8, 4) is 0 Å². The summed E-state index contributed by atoms with van der Waals surface area (Å²) in [5.74, 6) is -1.67. The minimum absolute atomic E-state index is 0.0382. The van der Waals surface area contributed by atoms with Gasteiger partial charge in [0, 0.05) is 12.1 Å². The number of nitro benzene ring substituents is 1. The number of non-ortho nitro benzene ring substituents is 1. The van der Waals surface area contributed by atoms with E-state index in [-0.39, 0.29) is 35.8 Å². The molecule has 29 heavy (non-hydrogen) atoms. The second kappa shape index (κ2) is 8.22. The van der Waals surface area contributed by atoms with Crippen LogP contribution in [0, 0.1) is 16.0 Å². The molecule has 1 aliphatic heterocycles. The Kier molecular flexibility index (Phi) is 5.72. The van der Waals surface area contributed by atoms with Gasteiger partial charge in [-0.1, -0.05) is 26.0 Å². The summed E-state index contributed by atoms with van der Waals surface area (Å²) >= 11 is 0. The first kappa shape index (κ1) is 20.2. The summed E-state index contributed by atoms with van der Waals surface area (Å²) in [5, 5.41) is 10.7. The van der Waals surface area contributed by atoms with Crippen molar-refractivity contribution in [2.24, 2.45) is 5.92 Å². The van der Waals surface area contributed by atoms with Crippen LogP contribution in [0.3, 0.4) is 0 Å². The molecule has 3 rings (SSSR count). The number of hydrogen-bond donors (Lipinski definition) is 0. The van der Waals surface area contributed by atoms with Gasteiger partial charge < -0.3 is 4.74 Å². The molecule has 2 aromatic rings. The number of carbonyl (C=O) groups is 3. The molecule has 2 amide bonds. The van der Waals surface area contributed by atoms with Crippen molar-refractivity contribution in [1.82, 2.24) is 4.90 Å². The van der Waals surface area contributed by atoms with Gasteiger partial charge in [-0.3, -0.25) is 24.6 Å². The van der Waals surface area contributed by atoms with E-state index < -0.39 is 28.7 Å². The minimum atomic E-state index is -1.04. The summed E-state index contributed by atoms with van der Waals surface area (Å²) in [6.45, 7) is 3.65. The quantitative estimate of drug-likeness (QED) is 0.307. The van der Waals surface area contributed by atoms with Crippen molar-refractivity contribution in [1.29, 1.82) is 0 Å². The number of nitro groups is 1. The first-order valence-electron chi connectivity index (χ1n) is 9.16. The maximum absolute atomic E-state index is 12.8. The summed E-state index contributed by atoms with van der Waals surface area (Å²) in [6, 6.07) is 11.0. The fraction of sp³-hybridized carbons (Fsp3) is 0.286. The highest BCUT2D eigenvalue weighted by atomic mass is 16.6. The SMILES string of the molecule is CC(C)C[C@@H](C(=O)OCc1ccc([N+](=O)[O-])cc1)N1C(=O)c2ccccc2C1=O. The van der Waals surface area contributed by atoms with Gasteiger partial charge >= 0.3 is 5.97 Å². The van der Waals surface area contributed by atoms with Gasteiger partial charge in [-0.25, -0.2) is 4.79 Å². The van der Waals surface area contributed by atoms with Crippen molar-refractivity contribution >= 4 is 23.5 Å². The number of imide groups is 1. The molecule has 8 nitrogen and oxygen atoms in total. The number of nitrogens with zero attached hydrogens (tertiary/aromatic N) is 2. The summed E-state index contributed by atoms with van der Waals surface area (Å²) in [5.41, 5.74) is 1.04. The van der Waals surface area contributed by atoms with Gasteiger partial charge in [-0.15, -0.1) is 0 Å². The van der Waals surface area contributed by atoms with Crippen LogP contribution in [0.15, 0.2) is 48.5 Å². The van der Waals surface area contributed by atoms with Gasteiger partial charge in [0.1, 0.15) is 12.6 Å². The van der Waals surface area contributed by atoms with Crippen LogP contribution in [-0.4, -0.2) is 33.6 Å². The standard InChI is InChI=1S/C21H20N2O6/c1-13(2)11-18(22-19(24)16-5-3-4-6-17(16)20(22)25)21(26)29-12-14-7-9-15(10-8-14)23(27)28/h3-10,13,18H,11-12H2,1-2H3/t18-/m0/s1. The van der Waals surface area contributed by atoms with Crippen molar-refractivity contribution in [3.63, 3.8) is 0 Å². The summed E-state index contributed by atoms with van der Waals surface area (Å²) in [4.78, 5) is 49.4. The van der Waals surface area contributed by atoms with Crippen molar-refractivity contribution in [2.75, 3.05) is 0 Å². The monoisotopic (exact) mass is 396 g/mol. The fourth-order valence-electron chi connectivity index (χ4n) is 3.21. The highest BCUT2D eigenvalue weighted by molar-refractivity contribution is 6.22. The highest BCUT2D eigenvalue weighted by Crippen LogP contribution is 2.27. The molecule has 0 unspecified atom stereocenters. The molecule has 0 saturated heterocycles. The van der Waals surface area contributed by atoms with E-state index >= 15 is 0 Å². The number of ether oxygens (including phenoxy) is 1. The average molecular weight is 396 g/mol. The van der Waals surface area contributed by atoms with E-state index in [0.29, 0.717) is 5.56 Å². The Labute approximate surface area is 167 Å². The van der Waals surface area contributed by atoms with Crippen molar-refractivity contribution in [2.45, 2.75) is 32.9 Å². The molecular weight excluding hydrogens is 376 g/mol. The van der Waals surface area contributed by atoms with E-state index in [4.69, 9.17) is 4.74 Å².